The van der Waals surface area contributed by atoms with E-state index in [0.717, 1.165) is 29.4 Å². The van der Waals surface area contributed by atoms with E-state index in [4.69, 9.17) is 4.74 Å². The molecule has 2 amide bonds. The van der Waals surface area contributed by atoms with Crippen LogP contribution in [0.25, 0.3) is 10.8 Å². The number of hydrogen-bond donors (Lipinski definition) is 2. The summed E-state index contributed by atoms with van der Waals surface area (Å²) in [5, 5.41) is 7.44. The second kappa shape index (κ2) is 8.09. The van der Waals surface area contributed by atoms with Gasteiger partial charge in [0.2, 0.25) is 0 Å². The first-order chi connectivity index (χ1) is 12.2. The Balaban J connectivity index is 1.89. The van der Waals surface area contributed by atoms with Crippen molar-refractivity contribution in [3.8, 4) is 0 Å². The van der Waals surface area contributed by atoms with Crippen LogP contribution in [-0.2, 0) is 14.3 Å². The molecule has 0 spiro atoms. The van der Waals surface area contributed by atoms with E-state index in [1.807, 2.05) is 18.2 Å². The van der Waals surface area contributed by atoms with E-state index in [0.29, 0.717) is 19.8 Å². The van der Waals surface area contributed by atoms with E-state index in [1.54, 1.807) is 0 Å². The fourth-order valence-corrected chi connectivity index (χ4v) is 3.25. The van der Waals surface area contributed by atoms with Gasteiger partial charge in [-0.2, -0.15) is 0 Å². The molecular weight excluding hydrogens is 318 g/mol. The van der Waals surface area contributed by atoms with Crippen molar-refractivity contribution in [3.63, 3.8) is 0 Å². The maximum absolute atomic E-state index is 11.9. The van der Waals surface area contributed by atoms with Crippen molar-refractivity contribution in [1.29, 1.82) is 0 Å². The van der Waals surface area contributed by atoms with Crippen molar-refractivity contribution in [2.45, 2.75) is 6.04 Å². The van der Waals surface area contributed by atoms with Crippen LogP contribution in [0.4, 0.5) is 0 Å². The summed E-state index contributed by atoms with van der Waals surface area (Å²) in [5.41, 5.74) is 1.15. The monoisotopic (exact) mass is 341 g/mol. The van der Waals surface area contributed by atoms with E-state index < -0.39 is 11.8 Å². The number of fused-ring (bicyclic) bond motifs is 1. The van der Waals surface area contributed by atoms with Gasteiger partial charge in [0.15, 0.2) is 0 Å². The molecule has 0 radical (unpaired) electrons. The first-order valence-corrected chi connectivity index (χ1v) is 8.50. The summed E-state index contributed by atoms with van der Waals surface area (Å²) >= 11 is 0. The number of morpholine rings is 1. The van der Waals surface area contributed by atoms with Crippen LogP contribution in [-0.4, -0.2) is 56.6 Å². The van der Waals surface area contributed by atoms with Crippen molar-refractivity contribution < 1.29 is 14.3 Å². The summed E-state index contributed by atoms with van der Waals surface area (Å²) in [6.45, 7) is 3.31. The molecule has 2 N–H and O–H groups in total. The summed E-state index contributed by atoms with van der Waals surface area (Å²) in [7, 11) is 1.45. The van der Waals surface area contributed by atoms with Gasteiger partial charge in [0.05, 0.1) is 19.3 Å². The molecule has 6 nitrogen and oxygen atoms in total. The average Bonchev–Trinajstić information content (AvgIpc) is 2.68. The van der Waals surface area contributed by atoms with Gasteiger partial charge in [-0.15, -0.1) is 0 Å². The molecule has 3 rings (SSSR count). The summed E-state index contributed by atoms with van der Waals surface area (Å²) in [6.07, 6.45) is 0. The van der Waals surface area contributed by atoms with Crippen LogP contribution < -0.4 is 10.6 Å². The fraction of sp³-hybridized carbons (Fsp3) is 0.368. The van der Waals surface area contributed by atoms with Gasteiger partial charge in [0, 0.05) is 26.7 Å². The number of hydrogen-bond acceptors (Lipinski definition) is 4. The molecule has 25 heavy (non-hydrogen) atoms. The summed E-state index contributed by atoms with van der Waals surface area (Å²) < 4.78 is 5.46. The third-order valence-electron chi connectivity index (χ3n) is 4.56. The molecule has 0 unspecified atom stereocenters. The predicted molar refractivity (Wildman–Crippen MR) is 96.2 cm³/mol. The lowest BCUT2D eigenvalue weighted by atomic mass is 9.97. The fourth-order valence-electron chi connectivity index (χ4n) is 3.25. The second-order valence-electron chi connectivity index (χ2n) is 6.02. The van der Waals surface area contributed by atoms with Crippen LogP contribution in [0.5, 0.6) is 0 Å². The Kier molecular flexibility index (Phi) is 5.63. The third kappa shape index (κ3) is 3.97. The Hall–Kier alpha value is -2.44. The van der Waals surface area contributed by atoms with Gasteiger partial charge in [-0.25, -0.2) is 0 Å². The molecule has 1 heterocycles. The van der Waals surface area contributed by atoms with Crippen molar-refractivity contribution in [2.75, 3.05) is 39.9 Å². The summed E-state index contributed by atoms with van der Waals surface area (Å²) in [5.74, 6) is -1.24. The topological polar surface area (TPSA) is 70.7 Å². The number of benzene rings is 2. The number of ether oxygens (including phenoxy) is 1. The molecule has 2 aromatic rings. The highest BCUT2D eigenvalue weighted by atomic mass is 16.5. The van der Waals surface area contributed by atoms with Crippen molar-refractivity contribution >= 4 is 22.6 Å². The Morgan fingerprint density at radius 1 is 1.08 bits per heavy atom. The van der Waals surface area contributed by atoms with Crippen molar-refractivity contribution in [1.82, 2.24) is 15.5 Å². The van der Waals surface area contributed by atoms with Gasteiger partial charge in [-0.1, -0.05) is 42.5 Å². The van der Waals surface area contributed by atoms with E-state index in [2.05, 4.69) is 39.8 Å². The highest BCUT2D eigenvalue weighted by molar-refractivity contribution is 6.35. The largest absolute Gasteiger partial charge is 0.379 e. The zero-order valence-electron chi connectivity index (χ0n) is 14.3. The van der Waals surface area contributed by atoms with E-state index >= 15 is 0 Å². The smallest absolute Gasteiger partial charge is 0.309 e. The number of likely N-dealkylation sites (N-methyl/N-ethyl adjacent to an activating group) is 1. The molecule has 0 saturated carbocycles. The first kappa shape index (κ1) is 17.4. The third-order valence-corrected chi connectivity index (χ3v) is 4.56. The Labute approximate surface area is 147 Å². The molecule has 0 bridgehead atoms. The highest BCUT2D eigenvalue weighted by Gasteiger charge is 2.25. The van der Waals surface area contributed by atoms with Crippen molar-refractivity contribution in [2.24, 2.45) is 0 Å². The molecule has 132 valence electrons. The maximum Gasteiger partial charge on any atom is 0.309 e. The van der Waals surface area contributed by atoms with Gasteiger partial charge in [-0.3, -0.25) is 14.5 Å². The zero-order valence-corrected chi connectivity index (χ0v) is 14.3. The molecule has 0 aliphatic carbocycles. The van der Waals surface area contributed by atoms with E-state index in [9.17, 15) is 9.59 Å². The Bertz CT molecular complexity index is 751. The van der Waals surface area contributed by atoms with Crippen LogP contribution in [0, 0.1) is 0 Å². The van der Waals surface area contributed by atoms with Crippen molar-refractivity contribution in [3.05, 3.63) is 48.0 Å². The second-order valence-corrected chi connectivity index (χ2v) is 6.02. The van der Waals surface area contributed by atoms with Crippen LogP contribution in [0.2, 0.25) is 0 Å². The SMILES string of the molecule is CNC(=O)C(=O)NC[C@@H](c1cccc2ccccc12)N1CCOCC1. The highest BCUT2D eigenvalue weighted by Crippen LogP contribution is 2.28. The number of rotatable bonds is 4. The van der Waals surface area contributed by atoms with Crippen LogP contribution in [0.1, 0.15) is 11.6 Å². The number of amides is 2. The maximum atomic E-state index is 11.9. The lowest BCUT2D eigenvalue weighted by Crippen LogP contribution is -2.46. The van der Waals surface area contributed by atoms with Gasteiger partial charge in [-0.05, 0) is 16.3 Å². The molecule has 1 aliphatic rings. The van der Waals surface area contributed by atoms with Gasteiger partial charge in [0.1, 0.15) is 0 Å². The van der Waals surface area contributed by atoms with Gasteiger partial charge < -0.3 is 15.4 Å². The molecule has 1 saturated heterocycles. The molecule has 2 aromatic carbocycles. The molecule has 1 fully saturated rings. The standard InChI is InChI=1S/C19H23N3O3/c1-20-18(23)19(24)21-13-17(22-9-11-25-12-10-22)16-8-4-6-14-5-2-3-7-15(14)16/h2-8,17H,9-13H2,1H3,(H,20,23)(H,21,24)/t17-/m0/s1. The number of carbonyl (C=O) groups is 2. The minimum absolute atomic E-state index is 0.0105. The van der Waals surface area contributed by atoms with Crippen LogP contribution >= 0.6 is 0 Å². The van der Waals surface area contributed by atoms with Crippen LogP contribution in [0.15, 0.2) is 42.5 Å². The molecule has 6 heteroatoms. The average molecular weight is 341 g/mol. The Morgan fingerprint density at radius 3 is 2.56 bits per heavy atom. The zero-order chi connectivity index (χ0) is 17.6. The first-order valence-electron chi connectivity index (χ1n) is 8.50. The Morgan fingerprint density at radius 2 is 1.80 bits per heavy atom. The lowest BCUT2D eigenvalue weighted by Gasteiger charge is -2.35. The quantitative estimate of drug-likeness (QED) is 0.817. The minimum Gasteiger partial charge on any atom is -0.379 e. The number of nitrogens with one attached hydrogen (secondary N) is 2. The molecular formula is C19H23N3O3. The van der Waals surface area contributed by atoms with Gasteiger partial charge in [0.25, 0.3) is 0 Å². The summed E-state index contributed by atoms with van der Waals surface area (Å²) in [4.78, 5) is 25.7. The minimum atomic E-state index is -0.626. The normalized spacial score (nSPS) is 16.4. The molecule has 1 aliphatic heterocycles. The van der Waals surface area contributed by atoms with Crippen LogP contribution in [0.3, 0.4) is 0 Å². The number of carbonyl (C=O) groups excluding carboxylic acids is 2. The summed E-state index contributed by atoms with van der Waals surface area (Å²) in [6, 6.07) is 14.4. The van der Waals surface area contributed by atoms with E-state index in [1.165, 1.54) is 7.05 Å². The predicted octanol–water partition coefficient (Wildman–Crippen LogP) is 1.08. The van der Waals surface area contributed by atoms with Gasteiger partial charge >= 0.3 is 11.8 Å². The molecule has 0 aromatic heterocycles. The lowest BCUT2D eigenvalue weighted by molar-refractivity contribution is -0.139. The number of nitrogens with zero attached hydrogens (tertiary/aromatic N) is 1. The van der Waals surface area contributed by atoms with E-state index in [-0.39, 0.29) is 6.04 Å². The molecule has 1 atom stereocenters.